The average Bonchev–Trinajstić information content (AvgIpc) is 3.67. The third-order valence-corrected chi connectivity index (χ3v) is 8.30. The van der Waals surface area contributed by atoms with Crippen LogP contribution in [-0.2, 0) is 0 Å². The summed E-state index contributed by atoms with van der Waals surface area (Å²) in [4.78, 5) is 1.63. The Bertz CT molecular complexity index is 3220. The molecule has 1 aromatic heterocycles. The molecule has 9 rings (SSSR count). The van der Waals surface area contributed by atoms with Gasteiger partial charge in [-0.3, -0.25) is 0 Å². The summed E-state index contributed by atoms with van der Waals surface area (Å²) in [5.41, 5.74) is 1.62. The molecule has 0 saturated carbocycles. The van der Waals surface area contributed by atoms with Gasteiger partial charge in [0.05, 0.1) is 23.5 Å². The van der Waals surface area contributed by atoms with E-state index in [9.17, 15) is 5.48 Å². The van der Waals surface area contributed by atoms with Crippen LogP contribution in [0.25, 0.3) is 66.1 Å². The van der Waals surface area contributed by atoms with E-state index in [1.54, 1.807) is 29.2 Å². The van der Waals surface area contributed by atoms with Crippen molar-refractivity contribution in [2.45, 2.75) is 0 Å². The van der Waals surface area contributed by atoms with Gasteiger partial charge in [-0.1, -0.05) is 145 Å². The smallest absolute Gasteiger partial charge is 0.143 e. The number of nitrogens with zero attached hydrogens (tertiary/aromatic N) is 1. The van der Waals surface area contributed by atoms with Gasteiger partial charge in [-0.05, 0) is 75.6 Å². The molecular formula is C46H31NO. The van der Waals surface area contributed by atoms with E-state index in [2.05, 4.69) is 0 Å². The molecule has 0 aliphatic carbocycles. The maximum Gasteiger partial charge on any atom is 0.143 e. The molecule has 8 aromatic carbocycles. The Balaban J connectivity index is 1.28. The number of hydrogen-bond acceptors (Lipinski definition) is 2. The van der Waals surface area contributed by atoms with Crippen molar-refractivity contribution in [3.63, 3.8) is 0 Å². The zero-order valence-corrected chi connectivity index (χ0v) is 25.2. The summed E-state index contributed by atoms with van der Waals surface area (Å²) in [7, 11) is 0. The highest BCUT2D eigenvalue weighted by molar-refractivity contribution is 6.19. The summed E-state index contributed by atoms with van der Waals surface area (Å²) >= 11 is 0. The predicted molar refractivity (Wildman–Crippen MR) is 202 cm³/mol. The topological polar surface area (TPSA) is 16.4 Å². The number of anilines is 3. The van der Waals surface area contributed by atoms with Gasteiger partial charge in [0.15, 0.2) is 0 Å². The van der Waals surface area contributed by atoms with Gasteiger partial charge in [0.2, 0.25) is 0 Å². The highest BCUT2D eigenvalue weighted by atomic mass is 16.3. The second-order valence-electron chi connectivity index (χ2n) is 11.1. The molecule has 226 valence electrons. The number of rotatable bonds is 6. The number of para-hydroxylation sites is 2. The molecule has 0 N–H and O–H groups in total. The minimum absolute atomic E-state index is 0.140. The highest BCUT2D eigenvalue weighted by Crippen LogP contribution is 2.45. The predicted octanol–water partition coefficient (Wildman–Crippen LogP) is 13.2. The molecule has 0 aliphatic heterocycles. The zero-order valence-electron chi connectivity index (χ0n) is 38.2. The maximum absolute atomic E-state index is 9.49. The Morgan fingerprint density at radius 3 is 1.83 bits per heavy atom. The van der Waals surface area contributed by atoms with Crippen LogP contribution in [0.1, 0.15) is 17.8 Å². The van der Waals surface area contributed by atoms with Crippen LogP contribution in [0.5, 0.6) is 0 Å². The first kappa shape index (κ1) is 17.5. The van der Waals surface area contributed by atoms with Crippen LogP contribution in [0.3, 0.4) is 0 Å². The lowest BCUT2D eigenvalue weighted by Gasteiger charge is -2.28. The first-order chi connectivity index (χ1) is 29.2. The van der Waals surface area contributed by atoms with Crippen LogP contribution in [0.2, 0.25) is 0 Å². The third-order valence-electron chi connectivity index (χ3n) is 8.30. The van der Waals surface area contributed by atoms with E-state index in [0.717, 1.165) is 32.7 Å². The van der Waals surface area contributed by atoms with Crippen LogP contribution in [0.4, 0.5) is 17.1 Å². The van der Waals surface area contributed by atoms with E-state index in [1.807, 2.05) is 84.9 Å². The molecule has 0 atom stereocenters. The molecule has 0 radical (unpaired) electrons. The minimum Gasteiger partial charge on any atom is -0.455 e. The largest absolute Gasteiger partial charge is 0.455 e. The normalized spacial score (nSPS) is 15.1. The monoisotopic (exact) mass is 626 g/mol. The Morgan fingerprint density at radius 1 is 0.438 bits per heavy atom. The maximum atomic E-state index is 9.49. The van der Waals surface area contributed by atoms with Crippen molar-refractivity contribution >= 4 is 49.8 Å². The van der Waals surface area contributed by atoms with Crippen molar-refractivity contribution in [1.82, 2.24) is 0 Å². The van der Waals surface area contributed by atoms with Gasteiger partial charge in [-0.15, -0.1) is 0 Å². The van der Waals surface area contributed by atoms with E-state index in [4.69, 9.17) is 16.8 Å². The Morgan fingerprint density at radius 2 is 1.06 bits per heavy atom. The van der Waals surface area contributed by atoms with Crippen molar-refractivity contribution in [2.24, 2.45) is 0 Å². The lowest BCUT2D eigenvalue weighted by Crippen LogP contribution is -2.11. The van der Waals surface area contributed by atoms with Crippen molar-refractivity contribution in [2.75, 3.05) is 4.90 Å². The van der Waals surface area contributed by atoms with Crippen LogP contribution >= 0.6 is 0 Å². The van der Waals surface area contributed by atoms with Crippen LogP contribution < -0.4 is 4.90 Å². The number of furan rings is 1. The van der Waals surface area contributed by atoms with Gasteiger partial charge >= 0.3 is 0 Å². The third kappa shape index (κ3) is 4.83. The number of benzene rings is 8. The van der Waals surface area contributed by atoms with E-state index in [-0.39, 0.29) is 5.69 Å². The summed E-state index contributed by atoms with van der Waals surface area (Å²) in [5.74, 6) is 0. The average molecular weight is 627 g/mol. The van der Waals surface area contributed by atoms with E-state index in [1.165, 1.54) is 0 Å². The second kappa shape index (κ2) is 11.8. The second-order valence-corrected chi connectivity index (χ2v) is 11.1. The fraction of sp³-hybridized carbons (Fsp3) is 0. The van der Waals surface area contributed by atoms with Gasteiger partial charge in [-0.25, -0.2) is 0 Å². The molecule has 0 unspecified atom stereocenters. The first-order valence-electron chi connectivity index (χ1n) is 21.8. The van der Waals surface area contributed by atoms with Crippen LogP contribution in [-0.4, -0.2) is 0 Å². The van der Waals surface area contributed by atoms with Crippen LogP contribution in [0.15, 0.2) is 192 Å². The molecule has 2 nitrogen and oxygen atoms in total. The summed E-state index contributed by atoms with van der Waals surface area (Å²) in [6, 6.07) is 25.1. The summed E-state index contributed by atoms with van der Waals surface area (Å²) in [5, 5.41) is 3.71. The SMILES string of the molecule is [2H]c1c([2H])c([2H])c(-c2c([2H])c([2H])c(-c3c([2H])c([2H])c(N(c4ccccc4)c4ccccc4-c4cccc5oc6c7ccccc7ccc6c45)c([2H])c3[2H])c([2H])c2[2H])c([2H])c1[2H]. The Hall–Kier alpha value is -6.38. The molecule has 0 fully saturated rings. The Kier molecular flexibility index (Phi) is 4.29. The van der Waals surface area contributed by atoms with Crippen LogP contribution in [0, 0.1) is 0 Å². The van der Waals surface area contributed by atoms with E-state index < -0.39 is 101 Å². The fourth-order valence-electron chi connectivity index (χ4n) is 6.12. The number of fused-ring (bicyclic) bond motifs is 5. The number of hydrogen-bond donors (Lipinski definition) is 0. The lowest BCUT2D eigenvalue weighted by atomic mass is 9.96. The molecule has 0 aliphatic rings. The van der Waals surface area contributed by atoms with Gasteiger partial charge in [0.1, 0.15) is 11.2 Å². The van der Waals surface area contributed by atoms with Crippen molar-refractivity contribution in [1.29, 1.82) is 0 Å². The quantitative estimate of drug-likeness (QED) is 0.183. The molecule has 0 spiro atoms. The standard InChI is InChI=1S/C46H31NO/c1-3-12-32(13-4-1)33-22-24-34(25-23-33)35-26-29-38(30-27-35)47(37-15-5-2-6-16-37)43-20-10-9-18-40(43)41-19-11-21-44-45(41)42-31-28-36-14-7-8-17-39(36)46(42)48-44/h1-31H/i1D,3D,4D,12D,13D,22D,23D,24D,25D,26D,27D,29D,30D. The molecule has 9 aromatic rings. The summed E-state index contributed by atoms with van der Waals surface area (Å²) in [6.07, 6.45) is 0. The first-order valence-corrected chi connectivity index (χ1v) is 15.3. The molecule has 48 heavy (non-hydrogen) atoms. The summed E-state index contributed by atoms with van der Waals surface area (Å²) < 4.78 is 121. The molecular weight excluding hydrogens is 583 g/mol. The van der Waals surface area contributed by atoms with Crippen molar-refractivity contribution in [3.05, 3.63) is 188 Å². The summed E-state index contributed by atoms with van der Waals surface area (Å²) in [6.45, 7) is 0. The van der Waals surface area contributed by atoms with Crippen molar-refractivity contribution < 1.29 is 22.2 Å². The van der Waals surface area contributed by atoms with Gasteiger partial charge in [-0.2, -0.15) is 0 Å². The van der Waals surface area contributed by atoms with Gasteiger partial charge in [0, 0.05) is 33.1 Å². The zero-order chi connectivity index (χ0) is 43.2. The minimum atomic E-state index is -0.774. The lowest BCUT2D eigenvalue weighted by molar-refractivity contribution is 0.673. The van der Waals surface area contributed by atoms with Gasteiger partial charge < -0.3 is 9.32 Å². The fourth-order valence-corrected chi connectivity index (χ4v) is 6.12. The van der Waals surface area contributed by atoms with E-state index in [0.29, 0.717) is 22.5 Å². The van der Waals surface area contributed by atoms with E-state index >= 15 is 0 Å². The Labute approximate surface area is 298 Å². The van der Waals surface area contributed by atoms with Gasteiger partial charge in [0.25, 0.3) is 0 Å². The molecule has 2 heteroatoms. The van der Waals surface area contributed by atoms with Crippen molar-refractivity contribution in [3.8, 4) is 33.4 Å². The molecule has 0 saturated heterocycles. The molecule has 0 amide bonds. The molecule has 0 bridgehead atoms. The molecule has 1 heterocycles. The highest BCUT2D eigenvalue weighted by Gasteiger charge is 2.20.